The molecule has 0 bridgehead atoms. The third kappa shape index (κ3) is 5.12. The summed E-state index contributed by atoms with van der Waals surface area (Å²) >= 11 is 0. The minimum absolute atomic E-state index is 0.107. The lowest BCUT2D eigenvalue weighted by Gasteiger charge is -2.43. The maximum absolute atomic E-state index is 13.0. The largest absolute Gasteiger partial charge is 0.416 e. The predicted octanol–water partition coefficient (Wildman–Crippen LogP) is 2.29. The van der Waals surface area contributed by atoms with E-state index in [0.717, 1.165) is 17.7 Å². The average Bonchev–Trinajstić information content (AvgIpc) is 3.29. The second-order valence-corrected chi connectivity index (χ2v) is 8.48. The summed E-state index contributed by atoms with van der Waals surface area (Å²) < 4.78 is 49.6. The van der Waals surface area contributed by atoms with Crippen molar-refractivity contribution >= 4 is 0 Å². The number of likely N-dealkylation sites (tertiary alicyclic amines) is 1. The first-order valence-electron chi connectivity index (χ1n) is 10.7. The molecule has 4 atom stereocenters. The number of ether oxygens (including phenoxy) is 1. The number of nitrogens with two attached hydrogens (primary N) is 1. The third-order valence-electron chi connectivity index (χ3n) is 6.10. The monoisotopic (exact) mass is 455 g/mol. The van der Waals surface area contributed by atoms with E-state index in [-0.39, 0.29) is 11.8 Å². The molecule has 3 heterocycles. The predicted molar refractivity (Wildman–Crippen MR) is 108 cm³/mol. The van der Waals surface area contributed by atoms with Crippen molar-refractivity contribution in [3.63, 3.8) is 0 Å². The first-order chi connectivity index (χ1) is 15.2. The van der Waals surface area contributed by atoms with E-state index in [0.29, 0.717) is 57.5 Å². The Morgan fingerprint density at radius 3 is 2.34 bits per heavy atom. The Labute approximate surface area is 184 Å². The molecule has 0 spiro atoms. The number of piperidine rings is 1. The van der Waals surface area contributed by atoms with Crippen LogP contribution in [0.3, 0.4) is 0 Å². The molecule has 8 nitrogen and oxygen atoms in total. The van der Waals surface area contributed by atoms with Gasteiger partial charge in [-0.1, -0.05) is 17.3 Å². The quantitative estimate of drug-likeness (QED) is 0.708. The van der Waals surface area contributed by atoms with E-state index in [1.807, 2.05) is 9.80 Å². The highest BCUT2D eigenvalue weighted by atomic mass is 19.4. The van der Waals surface area contributed by atoms with Crippen molar-refractivity contribution < 1.29 is 27.5 Å². The SMILES string of the molecule is C[C@H](N)c1nc(C2CC(c3ccc(C(F)(F)F)cc3)CN(C(O)N3CCOCC3)C2)no1. The lowest BCUT2D eigenvalue weighted by atomic mass is 9.84. The molecule has 2 saturated heterocycles. The molecule has 3 unspecified atom stereocenters. The van der Waals surface area contributed by atoms with Gasteiger partial charge in [-0.25, -0.2) is 0 Å². The molecule has 32 heavy (non-hydrogen) atoms. The molecular weight excluding hydrogens is 427 g/mol. The number of halogens is 3. The fraction of sp³-hybridized carbons (Fsp3) is 0.619. The number of benzene rings is 1. The van der Waals surface area contributed by atoms with Crippen molar-refractivity contribution in [1.29, 1.82) is 0 Å². The van der Waals surface area contributed by atoms with Gasteiger partial charge in [-0.2, -0.15) is 18.2 Å². The molecule has 4 rings (SSSR count). The number of rotatable bonds is 5. The van der Waals surface area contributed by atoms with Gasteiger partial charge in [0.2, 0.25) is 5.89 Å². The molecule has 11 heteroatoms. The zero-order chi connectivity index (χ0) is 22.9. The molecule has 2 fully saturated rings. The molecule has 0 aliphatic carbocycles. The summed E-state index contributed by atoms with van der Waals surface area (Å²) in [5.41, 5.74) is 5.93. The van der Waals surface area contributed by atoms with Crippen LogP contribution in [0.2, 0.25) is 0 Å². The summed E-state index contributed by atoms with van der Waals surface area (Å²) in [6.45, 7) is 5.02. The van der Waals surface area contributed by atoms with Crippen molar-refractivity contribution in [2.45, 2.75) is 43.8 Å². The van der Waals surface area contributed by atoms with E-state index in [1.165, 1.54) is 12.1 Å². The van der Waals surface area contributed by atoms with Crippen LogP contribution in [-0.2, 0) is 10.9 Å². The summed E-state index contributed by atoms with van der Waals surface area (Å²) in [5.74, 6) is 0.553. The zero-order valence-corrected chi connectivity index (χ0v) is 17.8. The second kappa shape index (κ2) is 9.44. The van der Waals surface area contributed by atoms with E-state index in [9.17, 15) is 18.3 Å². The van der Waals surface area contributed by atoms with E-state index < -0.39 is 24.1 Å². The van der Waals surface area contributed by atoms with Gasteiger partial charge < -0.3 is 20.1 Å². The summed E-state index contributed by atoms with van der Waals surface area (Å²) in [6.07, 6.45) is -4.60. The molecule has 2 aliphatic rings. The normalized spacial score (nSPS) is 25.6. The van der Waals surface area contributed by atoms with Crippen molar-refractivity contribution in [2.24, 2.45) is 5.73 Å². The summed E-state index contributed by atoms with van der Waals surface area (Å²) in [6, 6.07) is 4.83. The van der Waals surface area contributed by atoms with Crippen molar-refractivity contribution in [3.05, 3.63) is 47.1 Å². The lowest BCUT2D eigenvalue weighted by molar-refractivity contribution is -0.148. The first kappa shape index (κ1) is 23.1. The topological polar surface area (TPSA) is 101 Å². The molecule has 3 N–H and O–H groups in total. The highest BCUT2D eigenvalue weighted by Gasteiger charge is 2.37. The second-order valence-electron chi connectivity index (χ2n) is 8.48. The number of aromatic nitrogens is 2. The number of morpholine rings is 1. The van der Waals surface area contributed by atoms with Crippen LogP contribution in [0.25, 0.3) is 0 Å². The number of alkyl halides is 3. The number of hydrogen-bond acceptors (Lipinski definition) is 8. The van der Waals surface area contributed by atoms with E-state index >= 15 is 0 Å². The van der Waals surface area contributed by atoms with Gasteiger partial charge in [0.25, 0.3) is 0 Å². The van der Waals surface area contributed by atoms with Crippen LogP contribution in [0.15, 0.2) is 28.8 Å². The maximum Gasteiger partial charge on any atom is 0.416 e. The fourth-order valence-corrected chi connectivity index (χ4v) is 4.33. The van der Waals surface area contributed by atoms with Crippen LogP contribution in [0.5, 0.6) is 0 Å². The number of nitrogens with zero attached hydrogens (tertiary/aromatic N) is 4. The minimum Gasteiger partial charge on any atom is -0.379 e. The van der Waals surface area contributed by atoms with Crippen LogP contribution in [0.4, 0.5) is 13.2 Å². The van der Waals surface area contributed by atoms with Gasteiger partial charge in [0.05, 0.1) is 24.8 Å². The van der Waals surface area contributed by atoms with E-state index in [2.05, 4.69) is 10.1 Å². The van der Waals surface area contributed by atoms with Gasteiger partial charge in [-0.3, -0.25) is 9.80 Å². The average molecular weight is 455 g/mol. The standard InChI is InChI=1S/C21H28F3N5O3/c1-13(25)19-26-18(27-32-19)16-10-15(14-2-4-17(5-3-14)21(22,23)24)11-29(12-16)20(30)28-6-8-31-9-7-28/h2-5,13,15-16,20,30H,6-12,25H2,1H3/t13-,15?,16?,20?/m0/s1. The smallest absolute Gasteiger partial charge is 0.379 e. The highest BCUT2D eigenvalue weighted by molar-refractivity contribution is 5.28. The van der Waals surface area contributed by atoms with E-state index in [4.69, 9.17) is 15.0 Å². The van der Waals surface area contributed by atoms with Crippen molar-refractivity contribution in [1.82, 2.24) is 19.9 Å². The number of aliphatic hydroxyl groups is 1. The van der Waals surface area contributed by atoms with Crippen LogP contribution in [0, 0.1) is 0 Å². The zero-order valence-electron chi connectivity index (χ0n) is 17.8. The van der Waals surface area contributed by atoms with Gasteiger partial charge in [-0.05, 0) is 37.0 Å². The molecule has 2 aliphatic heterocycles. The van der Waals surface area contributed by atoms with Gasteiger partial charge >= 0.3 is 6.18 Å². The van der Waals surface area contributed by atoms with Crippen molar-refractivity contribution in [3.8, 4) is 0 Å². The van der Waals surface area contributed by atoms with Crippen LogP contribution in [0.1, 0.15) is 54.1 Å². The molecule has 1 aromatic heterocycles. The Kier molecular flexibility index (Phi) is 6.82. The summed E-state index contributed by atoms with van der Waals surface area (Å²) in [5, 5.41) is 15.1. The van der Waals surface area contributed by atoms with Crippen molar-refractivity contribution in [2.75, 3.05) is 39.4 Å². The van der Waals surface area contributed by atoms with Crippen LogP contribution in [-0.4, -0.2) is 70.8 Å². The number of aliphatic hydroxyl groups excluding tert-OH is 1. The highest BCUT2D eigenvalue weighted by Crippen LogP contribution is 2.37. The summed E-state index contributed by atoms with van der Waals surface area (Å²) in [4.78, 5) is 8.27. The van der Waals surface area contributed by atoms with E-state index in [1.54, 1.807) is 6.92 Å². The Morgan fingerprint density at radius 1 is 1.09 bits per heavy atom. The number of hydrogen-bond donors (Lipinski definition) is 2. The molecular formula is C21H28F3N5O3. The Balaban J connectivity index is 1.58. The molecule has 176 valence electrons. The Morgan fingerprint density at radius 2 is 1.75 bits per heavy atom. The molecule has 0 saturated carbocycles. The Bertz CT molecular complexity index is 884. The molecule has 2 aromatic rings. The van der Waals surface area contributed by atoms with Gasteiger partial charge in [0.15, 0.2) is 12.2 Å². The molecule has 1 aromatic carbocycles. The summed E-state index contributed by atoms with van der Waals surface area (Å²) in [7, 11) is 0. The van der Waals surface area contributed by atoms with Gasteiger partial charge in [-0.15, -0.1) is 0 Å². The maximum atomic E-state index is 13.0. The third-order valence-corrected chi connectivity index (χ3v) is 6.10. The molecule has 0 amide bonds. The van der Waals surface area contributed by atoms with Gasteiger partial charge in [0.1, 0.15) is 0 Å². The molecule has 0 radical (unpaired) electrons. The van der Waals surface area contributed by atoms with Gasteiger partial charge in [0, 0.05) is 32.1 Å². The van der Waals surface area contributed by atoms with Crippen LogP contribution < -0.4 is 5.73 Å². The Hall–Kier alpha value is -2.05. The first-order valence-corrected chi connectivity index (χ1v) is 10.7. The fourth-order valence-electron chi connectivity index (χ4n) is 4.33. The minimum atomic E-state index is -4.38. The lowest BCUT2D eigenvalue weighted by Crippen LogP contribution is -2.55. The van der Waals surface area contributed by atoms with Crippen LogP contribution >= 0.6 is 0 Å².